The van der Waals surface area contributed by atoms with Gasteiger partial charge in [-0.2, -0.15) is 13.2 Å². The quantitative estimate of drug-likeness (QED) is 0.323. The van der Waals surface area contributed by atoms with Crippen LogP contribution in [0.4, 0.5) is 13.2 Å². The Balaban J connectivity index is 1.23. The molecule has 10 heteroatoms. The average Bonchev–Trinajstić information content (AvgIpc) is 3.78. The van der Waals surface area contributed by atoms with Gasteiger partial charge in [0.2, 0.25) is 0 Å². The summed E-state index contributed by atoms with van der Waals surface area (Å²) < 4.78 is 39.7. The number of phenolic OH excluding ortho intramolecular Hbond substituents is 1. The molecule has 1 atom stereocenters. The SMILES string of the molecule is O=C(C(O)c1cccc(-c2cc(O)cc(C(F)(F)F)c2)c1)N1CCc2nc(C3(c4ccccc4)CC3)[nH]c(=O)c2C1. The predicted molar refractivity (Wildman–Crippen MR) is 144 cm³/mol. The minimum absolute atomic E-state index is 0.0205. The summed E-state index contributed by atoms with van der Waals surface area (Å²) in [5.74, 6) is -0.557. The number of aromatic hydroxyl groups is 1. The topological polar surface area (TPSA) is 107 Å². The van der Waals surface area contributed by atoms with E-state index in [-0.39, 0.29) is 35.2 Å². The Morgan fingerprint density at radius 1 is 1.00 bits per heavy atom. The van der Waals surface area contributed by atoms with E-state index in [4.69, 9.17) is 4.98 Å². The van der Waals surface area contributed by atoms with Gasteiger partial charge in [-0.3, -0.25) is 9.59 Å². The van der Waals surface area contributed by atoms with Crippen LogP contribution in [-0.4, -0.2) is 37.5 Å². The molecule has 2 aliphatic rings. The zero-order chi connectivity index (χ0) is 28.9. The molecule has 3 aromatic carbocycles. The third-order valence-corrected chi connectivity index (χ3v) is 7.92. The molecule has 6 rings (SSSR count). The number of aliphatic hydroxyl groups excluding tert-OH is 1. The Morgan fingerprint density at radius 2 is 1.76 bits per heavy atom. The molecule has 1 fully saturated rings. The summed E-state index contributed by atoms with van der Waals surface area (Å²) in [6.45, 7) is 0.228. The van der Waals surface area contributed by atoms with E-state index in [1.54, 1.807) is 0 Å². The fourth-order valence-corrected chi connectivity index (χ4v) is 5.53. The summed E-state index contributed by atoms with van der Waals surface area (Å²) >= 11 is 0. The van der Waals surface area contributed by atoms with E-state index in [2.05, 4.69) is 4.98 Å². The highest BCUT2D eigenvalue weighted by atomic mass is 19.4. The molecule has 0 saturated heterocycles. The molecule has 0 spiro atoms. The summed E-state index contributed by atoms with van der Waals surface area (Å²) in [7, 11) is 0. The van der Waals surface area contributed by atoms with Crippen molar-refractivity contribution in [2.75, 3.05) is 6.54 Å². The number of carbonyl (C=O) groups excluding carboxylic acids is 1. The van der Waals surface area contributed by atoms with Gasteiger partial charge in [-0.25, -0.2) is 4.98 Å². The first-order chi connectivity index (χ1) is 19.5. The van der Waals surface area contributed by atoms with Crippen LogP contribution in [0.15, 0.2) is 77.6 Å². The van der Waals surface area contributed by atoms with Crippen molar-refractivity contribution < 1.29 is 28.2 Å². The Morgan fingerprint density at radius 3 is 2.46 bits per heavy atom. The number of benzene rings is 3. The highest BCUT2D eigenvalue weighted by Crippen LogP contribution is 2.52. The number of hydrogen-bond acceptors (Lipinski definition) is 5. The molecule has 1 amide bonds. The zero-order valence-electron chi connectivity index (χ0n) is 21.8. The Bertz CT molecular complexity index is 1700. The number of fused-ring (bicyclic) bond motifs is 1. The van der Waals surface area contributed by atoms with Gasteiger partial charge >= 0.3 is 6.18 Å². The van der Waals surface area contributed by atoms with E-state index in [0.717, 1.165) is 24.5 Å². The maximum Gasteiger partial charge on any atom is 0.416 e. The summed E-state index contributed by atoms with van der Waals surface area (Å²) in [5, 5.41) is 20.8. The van der Waals surface area contributed by atoms with E-state index in [1.807, 2.05) is 30.3 Å². The molecule has 1 saturated carbocycles. The molecule has 1 aliphatic heterocycles. The predicted octanol–water partition coefficient (Wildman–Crippen LogP) is 4.86. The lowest BCUT2D eigenvalue weighted by Gasteiger charge is -2.30. The molecule has 3 N–H and O–H groups in total. The van der Waals surface area contributed by atoms with Gasteiger partial charge in [-0.05, 0) is 59.4 Å². The number of aromatic amines is 1. The Kier molecular flexibility index (Phi) is 6.45. The van der Waals surface area contributed by atoms with Gasteiger partial charge in [0.25, 0.3) is 11.5 Å². The molecule has 41 heavy (non-hydrogen) atoms. The number of alkyl halides is 3. The number of nitrogens with zero attached hydrogens (tertiary/aromatic N) is 2. The van der Waals surface area contributed by atoms with Gasteiger partial charge in [0, 0.05) is 13.0 Å². The standard InChI is InChI=1S/C31H26F3N3O4/c32-31(33,34)22-14-20(15-23(38)16-22)18-5-4-6-19(13-18)26(39)28(41)37-12-9-25-24(17-37)27(40)36-29(35-25)30(10-11-30)21-7-2-1-3-8-21/h1-8,13-16,26,38-39H,9-12,17H2,(H,35,36,40). The molecule has 2 heterocycles. The first-order valence-electron chi connectivity index (χ1n) is 13.2. The molecular formula is C31H26F3N3O4. The number of hydrogen-bond donors (Lipinski definition) is 3. The first kappa shape index (κ1) is 26.8. The summed E-state index contributed by atoms with van der Waals surface area (Å²) in [6.07, 6.45) is -4.14. The van der Waals surface area contributed by atoms with Crippen molar-refractivity contribution in [2.45, 2.75) is 43.5 Å². The van der Waals surface area contributed by atoms with Crippen LogP contribution in [0.1, 0.15) is 52.7 Å². The monoisotopic (exact) mass is 561 g/mol. The Labute approximate surface area is 232 Å². The molecular weight excluding hydrogens is 535 g/mol. The summed E-state index contributed by atoms with van der Waals surface area (Å²) in [5.41, 5.74) is 1.03. The van der Waals surface area contributed by atoms with Gasteiger partial charge in [-0.1, -0.05) is 48.5 Å². The fourth-order valence-electron chi connectivity index (χ4n) is 5.53. The average molecular weight is 562 g/mol. The van der Waals surface area contributed by atoms with E-state index < -0.39 is 29.5 Å². The van der Waals surface area contributed by atoms with Crippen LogP contribution in [0.25, 0.3) is 11.1 Å². The van der Waals surface area contributed by atoms with Crippen LogP contribution in [0.3, 0.4) is 0 Å². The maximum absolute atomic E-state index is 13.3. The van der Waals surface area contributed by atoms with E-state index >= 15 is 0 Å². The van der Waals surface area contributed by atoms with Gasteiger partial charge in [0.1, 0.15) is 11.6 Å². The molecule has 0 radical (unpaired) electrons. The number of aromatic nitrogens is 2. The van der Waals surface area contributed by atoms with Crippen LogP contribution < -0.4 is 5.56 Å². The molecule has 210 valence electrons. The lowest BCUT2D eigenvalue weighted by Crippen LogP contribution is -2.42. The van der Waals surface area contributed by atoms with E-state index in [1.165, 1.54) is 35.2 Å². The fraction of sp³-hybridized carbons (Fsp3) is 0.258. The molecule has 4 aromatic rings. The minimum atomic E-state index is -4.65. The van der Waals surface area contributed by atoms with Crippen molar-refractivity contribution in [1.29, 1.82) is 0 Å². The van der Waals surface area contributed by atoms with Crippen molar-refractivity contribution in [3.05, 3.63) is 117 Å². The van der Waals surface area contributed by atoms with Crippen molar-refractivity contribution in [3.63, 3.8) is 0 Å². The van der Waals surface area contributed by atoms with Crippen molar-refractivity contribution in [2.24, 2.45) is 0 Å². The number of carbonyl (C=O) groups is 1. The van der Waals surface area contributed by atoms with E-state index in [0.29, 0.717) is 35.1 Å². The first-order valence-corrected chi connectivity index (χ1v) is 13.2. The summed E-state index contributed by atoms with van der Waals surface area (Å²) in [6, 6.07) is 18.6. The second-order valence-corrected chi connectivity index (χ2v) is 10.6. The van der Waals surface area contributed by atoms with Crippen LogP contribution in [0.5, 0.6) is 5.75 Å². The third-order valence-electron chi connectivity index (χ3n) is 7.92. The number of amides is 1. The zero-order valence-corrected chi connectivity index (χ0v) is 21.8. The van der Waals surface area contributed by atoms with Gasteiger partial charge in [-0.15, -0.1) is 0 Å². The van der Waals surface area contributed by atoms with Crippen molar-refractivity contribution in [1.82, 2.24) is 14.9 Å². The highest BCUT2D eigenvalue weighted by molar-refractivity contribution is 5.83. The molecule has 7 nitrogen and oxygen atoms in total. The van der Waals surface area contributed by atoms with Crippen molar-refractivity contribution in [3.8, 4) is 16.9 Å². The summed E-state index contributed by atoms with van der Waals surface area (Å²) in [4.78, 5) is 35.5. The minimum Gasteiger partial charge on any atom is -0.508 e. The van der Waals surface area contributed by atoms with Gasteiger partial charge in [0.15, 0.2) is 6.10 Å². The van der Waals surface area contributed by atoms with Crippen molar-refractivity contribution >= 4 is 5.91 Å². The molecule has 1 aromatic heterocycles. The molecule has 1 unspecified atom stereocenters. The molecule has 0 bridgehead atoms. The molecule has 1 aliphatic carbocycles. The number of halogens is 3. The number of aliphatic hydroxyl groups is 1. The smallest absolute Gasteiger partial charge is 0.416 e. The Hall–Kier alpha value is -4.44. The van der Waals surface area contributed by atoms with E-state index in [9.17, 15) is 33.0 Å². The third kappa shape index (κ3) is 4.99. The number of nitrogens with one attached hydrogen (secondary N) is 1. The second kappa shape index (κ2) is 9.88. The van der Waals surface area contributed by atoms with Crippen LogP contribution in [0.2, 0.25) is 0 Å². The number of H-pyrrole nitrogens is 1. The van der Waals surface area contributed by atoms with Gasteiger partial charge < -0.3 is 20.1 Å². The second-order valence-electron chi connectivity index (χ2n) is 10.6. The van der Waals surface area contributed by atoms with Gasteiger partial charge in [0.05, 0.1) is 28.8 Å². The highest BCUT2D eigenvalue weighted by Gasteiger charge is 2.48. The largest absolute Gasteiger partial charge is 0.508 e. The number of rotatable bonds is 5. The lowest BCUT2D eigenvalue weighted by atomic mass is 9.94. The van der Waals surface area contributed by atoms with Crippen LogP contribution in [-0.2, 0) is 29.4 Å². The number of phenols is 1. The normalized spacial score (nSPS) is 16.6. The van der Waals surface area contributed by atoms with Crippen LogP contribution in [0, 0.1) is 0 Å². The maximum atomic E-state index is 13.3. The van der Waals surface area contributed by atoms with Crippen LogP contribution >= 0.6 is 0 Å². The lowest BCUT2D eigenvalue weighted by molar-refractivity contribution is -0.141.